The number of phenols is 1. The maximum absolute atomic E-state index is 13.6. The van der Waals surface area contributed by atoms with Gasteiger partial charge in [-0.1, -0.05) is 60.7 Å². The molecule has 9 heteroatoms. The van der Waals surface area contributed by atoms with E-state index in [9.17, 15) is 32.4 Å². The first-order valence-corrected chi connectivity index (χ1v) is 13.8. The Labute approximate surface area is 225 Å². The Bertz CT molecular complexity index is 1630. The number of aromatic hydroxyl groups is 1. The highest BCUT2D eigenvalue weighted by molar-refractivity contribution is 7.86. The number of aliphatic hydroxyl groups excluding tert-OH is 1. The van der Waals surface area contributed by atoms with Gasteiger partial charge < -0.3 is 15.1 Å². The molecule has 0 radical (unpaired) electrons. The smallest absolute Gasteiger partial charge is 0.295 e. The normalized spacial score (nSPS) is 18.0. The van der Waals surface area contributed by atoms with E-state index in [-0.39, 0.29) is 34.1 Å². The summed E-state index contributed by atoms with van der Waals surface area (Å²) < 4.78 is 47.0. The number of para-hydroxylation sites is 1. The predicted molar refractivity (Wildman–Crippen MR) is 144 cm³/mol. The van der Waals surface area contributed by atoms with Crippen molar-refractivity contribution in [2.75, 3.05) is 4.90 Å². The molecule has 1 fully saturated rings. The summed E-state index contributed by atoms with van der Waals surface area (Å²) >= 11 is 0. The first-order valence-electron chi connectivity index (χ1n) is 12.4. The van der Waals surface area contributed by atoms with Crippen molar-refractivity contribution in [2.24, 2.45) is 5.92 Å². The minimum atomic E-state index is -4.53. The van der Waals surface area contributed by atoms with Crippen LogP contribution >= 0.6 is 0 Å². The third kappa shape index (κ3) is 5.29. The summed E-state index contributed by atoms with van der Waals surface area (Å²) in [7, 11) is -4.53. The van der Waals surface area contributed by atoms with Crippen LogP contribution < -0.4 is 4.90 Å². The van der Waals surface area contributed by atoms with Crippen LogP contribution in [0.2, 0.25) is 0 Å². The number of carbonyl (C=O) groups is 1. The van der Waals surface area contributed by atoms with Crippen LogP contribution in [0.1, 0.15) is 36.1 Å². The van der Waals surface area contributed by atoms with Crippen LogP contribution in [0.25, 0.3) is 11.1 Å². The number of β-lactam (4-membered cyclic amide) rings is 1. The summed E-state index contributed by atoms with van der Waals surface area (Å²) in [5, 5.41) is 21.6. The Morgan fingerprint density at radius 1 is 0.872 bits per heavy atom. The van der Waals surface area contributed by atoms with Crippen molar-refractivity contribution < 1.29 is 32.4 Å². The van der Waals surface area contributed by atoms with E-state index in [0.717, 1.165) is 0 Å². The fourth-order valence-electron chi connectivity index (χ4n) is 5.18. The lowest BCUT2D eigenvalue weighted by Gasteiger charge is -2.48. The lowest BCUT2D eigenvalue weighted by molar-refractivity contribution is -0.131. The summed E-state index contributed by atoms with van der Waals surface area (Å²) in [5.74, 6) is -1.32. The number of nitrogens with zero attached hydrogens (tertiary/aromatic N) is 1. The van der Waals surface area contributed by atoms with Gasteiger partial charge in [-0.15, -0.1) is 0 Å². The molecule has 1 aliphatic heterocycles. The number of phenolic OH excluding ortho intramolecular Hbond substituents is 1. The molecule has 0 saturated carbocycles. The fourth-order valence-corrected chi connectivity index (χ4v) is 5.89. The third-order valence-corrected chi connectivity index (χ3v) is 7.96. The number of carbonyl (C=O) groups excluding carboxylic acids is 1. The molecule has 39 heavy (non-hydrogen) atoms. The minimum absolute atomic E-state index is 0.141. The molecule has 3 N–H and O–H groups in total. The number of hydrogen-bond donors (Lipinski definition) is 3. The van der Waals surface area contributed by atoms with Crippen LogP contribution in [0.3, 0.4) is 0 Å². The molecule has 4 aromatic rings. The van der Waals surface area contributed by atoms with Crippen molar-refractivity contribution in [3.8, 4) is 16.9 Å². The van der Waals surface area contributed by atoms with Gasteiger partial charge in [0.1, 0.15) is 16.5 Å². The van der Waals surface area contributed by atoms with Crippen molar-refractivity contribution >= 4 is 21.7 Å². The maximum Gasteiger partial charge on any atom is 0.295 e. The molecule has 0 bridgehead atoms. The van der Waals surface area contributed by atoms with Crippen molar-refractivity contribution in [1.82, 2.24) is 0 Å². The molecule has 0 aromatic heterocycles. The number of hydrogen-bond acceptors (Lipinski definition) is 5. The zero-order valence-corrected chi connectivity index (χ0v) is 21.5. The topological polar surface area (TPSA) is 115 Å². The Morgan fingerprint density at radius 3 is 2.28 bits per heavy atom. The van der Waals surface area contributed by atoms with Crippen LogP contribution in [0.5, 0.6) is 5.75 Å². The lowest BCUT2D eigenvalue weighted by Crippen LogP contribution is -2.55. The lowest BCUT2D eigenvalue weighted by atomic mass is 9.78. The Balaban J connectivity index is 1.47. The van der Waals surface area contributed by atoms with E-state index >= 15 is 0 Å². The van der Waals surface area contributed by atoms with Crippen LogP contribution in [-0.2, 0) is 14.9 Å². The quantitative estimate of drug-likeness (QED) is 0.194. The van der Waals surface area contributed by atoms with E-state index in [1.165, 1.54) is 42.5 Å². The summed E-state index contributed by atoms with van der Waals surface area (Å²) in [4.78, 5) is 14.6. The Kier molecular flexibility index (Phi) is 7.22. The number of aliphatic hydroxyl groups is 1. The summed E-state index contributed by atoms with van der Waals surface area (Å²) in [5.41, 5.74) is 2.08. The number of amides is 1. The van der Waals surface area contributed by atoms with E-state index in [1.54, 1.807) is 41.3 Å². The number of halogens is 1. The summed E-state index contributed by atoms with van der Waals surface area (Å²) in [6.45, 7) is 0. The van der Waals surface area contributed by atoms with E-state index in [4.69, 9.17) is 0 Å². The van der Waals surface area contributed by atoms with Crippen LogP contribution in [0, 0.1) is 11.7 Å². The molecule has 1 heterocycles. The SMILES string of the molecule is O=C1C(CCC(O)c2cccc(F)c2)C(c2ccc(-c3ccccc3S(=O)(=O)O)c(O)c2)N1c1ccccc1. The van der Waals surface area contributed by atoms with Gasteiger partial charge in [0.15, 0.2) is 0 Å². The molecule has 1 amide bonds. The molecule has 200 valence electrons. The van der Waals surface area contributed by atoms with Crippen molar-refractivity contribution in [2.45, 2.75) is 29.9 Å². The molecule has 1 aliphatic rings. The third-order valence-electron chi connectivity index (χ3n) is 7.05. The molecule has 3 atom stereocenters. The van der Waals surface area contributed by atoms with E-state index in [1.807, 2.05) is 18.2 Å². The zero-order valence-electron chi connectivity index (χ0n) is 20.7. The molecule has 0 aliphatic carbocycles. The van der Waals surface area contributed by atoms with Gasteiger partial charge in [-0.2, -0.15) is 8.42 Å². The second-order valence-electron chi connectivity index (χ2n) is 9.49. The van der Waals surface area contributed by atoms with Gasteiger partial charge in [-0.25, -0.2) is 4.39 Å². The highest BCUT2D eigenvalue weighted by atomic mass is 32.2. The largest absolute Gasteiger partial charge is 0.507 e. The Hall–Kier alpha value is -4.05. The molecule has 3 unspecified atom stereocenters. The first kappa shape index (κ1) is 26.6. The summed E-state index contributed by atoms with van der Waals surface area (Å²) in [6, 6.07) is 24.9. The van der Waals surface area contributed by atoms with E-state index in [2.05, 4.69) is 0 Å². The van der Waals surface area contributed by atoms with Crippen LogP contribution in [0.15, 0.2) is 102 Å². The van der Waals surface area contributed by atoms with Crippen LogP contribution in [-0.4, -0.2) is 29.1 Å². The number of rotatable bonds is 8. The highest BCUT2D eigenvalue weighted by Gasteiger charge is 2.48. The average Bonchev–Trinajstić information content (AvgIpc) is 2.91. The van der Waals surface area contributed by atoms with E-state index < -0.39 is 34.0 Å². The molecule has 4 aromatic carbocycles. The minimum Gasteiger partial charge on any atom is -0.507 e. The number of benzene rings is 4. The van der Waals surface area contributed by atoms with Crippen LogP contribution in [0.4, 0.5) is 10.1 Å². The van der Waals surface area contributed by atoms with Gasteiger partial charge in [-0.05, 0) is 60.4 Å². The van der Waals surface area contributed by atoms with Gasteiger partial charge in [0.05, 0.1) is 18.1 Å². The number of anilines is 1. The molecular weight excluding hydrogens is 521 g/mol. The van der Waals surface area contributed by atoms with Gasteiger partial charge >= 0.3 is 0 Å². The highest BCUT2D eigenvalue weighted by Crippen LogP contribution is 2.48. The molecule has 5 rings (SSSR count). The summed E-state index contributed by atoms with van der Waals surface area (Å²) in [6.07, 6.45) is -0.406. The Morgan fingerprint density at radius 2 is 1.59 bits per heavy atom. The van der Waals surface area contributed by atoms with Crippen molar-refractivity contribution in [3.63, 3.8) is 0 Å². The fraction of sp³-hybridized carbons (Fsp3) is 0.167. The predicted octanol–water partition coefficient (Wildman–Crippen LogP) is 5.66. The van der Waals surface area contributed by atoms with Crippen molar-refractivity contribution in [1.29, 1.82) is 0 Å². The zero-order chi connectivity index (χ0) is 27.7. The second kappa shape index (κ2) is 10.6. The first-order chi connectivity index (χ1) is 18.6. The molecular formula is C30H26FNO6S. The van der Waals surface area contributed by atoms with Gasteiger partial charge in [0, 0.05) is 16.8 Å². The van der Waals surface area contributed by atoms with Gasteiger partial charge in [0.2, 0.25) is 5.91 Å². The molecule has 7 nitrogen and oxygen atoms in total. The maximum atomic E-state index is 13.6. The monoisotopic (exact) mass is 547 g/mol. The van der Waals surface area contributed by atoms with Gasteiger partial charge in [-0.3, -0.25) is 9.35 Å². The average molecular weight is 548 g/mol. The van der Waals surface area contributed by atoms with E-state index in [0.29, 0.717) is 23.2 Å². The van der Waals surface area contributed by atoms with Crippen molar-refractivity contribution in [3.05, 3.63) is 114 Å². The second-order valence-corrected chi connectivity index (χ2v) is 10.9. The van der Waals surface area contributed by atoms with Gasteiger partial charge in [0.25, 0.3) is 10.1 Å². The standard InChI is InChI=1S/C30H26FNO6S/c31-21-8-6-7-19(17-21)26(33)16-15-25-29(32(30(25)35)22-9-2-1-3-10-22)20-13-14-23(27(34)18-20)24-11-4-5-12-28(24)39(36,37)38/h1-14,17-18,25-26,29,33-34H,15-16H2,(H,36,37,38). The molecule has 0 spiro atoms. The molecule has 1 saturated heterocycles.